The van der Waals surface area contributed by atoms with Crippen LogP contribution in [0.1, 0.15) is 23.1 Å². The molecule has 0 aliphatic rings. The third-order valence-electron chi connectivity index (χ3n) is 4.65. The average Bonchev–Trinajstić information content (AvgIpc) is 3.30. The number of aryl methyl sites for hydroxylation is 1. The number of methoxy groups -OCH3 is 1. The topological polar surface area (TPSA) is 140 Å². The van der Waals surface area contributed by atoms with Crippen LogP contribution in [-0.2, 0) is 17.6 Å². The number of nitrogens with one attached hydrogen (secondary N) is 1. The van der Waals surface area contributed by atoms with Gasteiger partial charge in [-0.1, -0.05) is 36.5 Å². The van der Waals surface area contributed by atoms with Crippen molar-refractivity contribution in [3.63, 3.8) is 0 Å². The Bertz CT molecular complexity index is 1250. The number of carbonyl (C=O) groups excluding carboxylic acids is 1. The molecule has 0 saturated heterocycles. The van der Waals surface area contributed by atoms with Crippen LogP contribution in [0.15, 0.2) is 48.0 Å². The Kier molecular flexibility index (Phi) is 8.26. The van der Waals surface area contributed by atoms with Gasteiger partial charge in [0, 0.05) is 18.6 Å². The van der Waals surface area contributed by atoms with E-state index >= 15 is 0 Å². The zero-order valence-corrected chi connectivity index (χ0v) is 19.3. The summed E-state index contributed by atoms with van der Waals surface area (Å²) < 4.78 is 11.2. The maximum absolute atomic E-state index is 12.4. The molecule has 0 aliphatic heterocycles. The quantitative estimate of drug-likeness (QED) is 0.198. The van der Waals surface area contributed by atoms with Gasteiger partial charge in [-0.15, -0.1) is 10.2 Å². The summed E-state index contributed by atoms with van der Waals surface area (Å²) in [6.07, 6.45) is 2.70. The number of ether oxygens (including phenoxy) is 2. The zero-order chi connectivity index (χ0) is 24.5. The Morgan fingerprint density at radius 1 is 1.24 bits per heavy atom. The number of benzene rings is 2. The molecule has 1 aromatic heterocycles. The number of amides is 1. The predicted molar refractivity (Wildman–Crippen MR) is 127 cm³/mol. The van der Waals surface area contributed by atoms with Crippen molar-refractivity contribution in [1.29, 1.82) is 5.26 Å². The molecule has 3 aromatic rings. The summed E-state index contributed by atoms with van der Waals surface area (Å²) in [6, 6.07) is 13.2. The van der Waals surface area contributed by atoms with Gasteiger partial charge in [0.15, 0.2) is 11.5 Å². The second kappa shape index (κ2) is 11.5. The van der Waals surface area contributed by atoms with Gasteiger partial charge in [-0.05, 0) is 35.8 Å². The Morgan fingerprint density at radius 2 is 2.00 bits per heavy atom. The first-order valence-electron chi connectivity index (χ1n) is 10.2. The van der Waals surface area contributed by atoms with Crippen LogP contribution in [0.3, 0.4) is 0 Å². The summed E-state index contributed by atoms with van der Waals surface area (Å²) >= 11 is 1.25. The highest BCUT2D eigenvalue weighted by atomic mass is 32.1. The van der Waals surface area contributed by atoms with Crippen molar-refractivity contribution < 1.29 is 19.2 Å². The lowest BCUT2D eigenvalue weighted by Crippen LogP contribution is -2.13. The number of anilines is 1. The van der Waals surface area contributed by atoms with Crippen molar-refractivity contribution >= 4 is 34.1 Å². The van der Waals surface area contributed by atoms with Gasteiger partial charge in [0.25, 0.3) is 11.6 Å². The minimum atomic E-state index is -0.580. The molecule has 0 fully saturated rings. The van der Waals surface area contributed by atoms with Crippen LogP contribution >= 0.6 is 11.3 Å². The molecule has 0 bridgehead atoms. The molecule has 34 heavy (non-hydrogen) atoms. The molecule has 11 heteroatoms. The van der Waals surface area contributed by atoms with Crippen LogP contribution in [-0.4, -0.2) is 34.7 Å². The molecule has 0 radical (unpaired) electrons. The van der Waals surface area contributed by atoms with E-state index < -0.39 is 10.8 Å². The Morgan fingerprint density at radius 3 is 2.62 bits per heavy atom. The van der Waals surface area contributed by atoms with E-state index in [1.165, 1.54) is 36.7 Å². The van der Waals surface area contributed by atoms with E-state index in [4.69, 9.17) is 9.47 Å². The van der Waals surface area contributed by atoms with E-state index in [9.17, 15) is 20.2 Å². The van der Waals surface area contributed by atoms with E-state index in [1.54, 1.807) is 30.3 Å². The normalized spacial score (nSPS) is 10.9. The van der Waals surface area contributed by atoms with Crippen molar-refractivity contribution in [2.24, 2.45) is 0 Å². The number of aromatic nitrogens is 2. The van der Waals surface area contributed by atoms with E-state index in [1.807, 2.05) is 13.0 Å². The van der Waals surface area contributed by atoms with Crippen LogP contribution in [0.25, 0.3) is 6.08 Å². The van der Waals surface area contributed by atoms with Crippen molar-refractivity contribution in [1.82, 2.24) is 10.2 Å². The van der Waals surface area contributed by atoms with E-state index in [-0.39, 0.29) is 11.3 Å². The molecule has 10 nitrogen and oxygen atoms in total. The van der Waals surface area contributed by atoms with Crippen LogP contribution in [0.4, 0.5) is 10.8 Å². The molecule has 1 amide bonds. The molecule has 1 heterocycles. The summed E-state index contributed by atoms with van der Waals surface area (Å²) in [4.78, 5) is 22.7. The van der Waals surface area contributed by atoms with E-state index in [2.05, 4.69) is 15.5 Å². The minimum absolute atomic E-state index is 0.0365. The first kappa shape index (κ1) is 24.3. The molecule has 174 valence electrons. The minimum Gasteiger partial charge on any atom is -0.493 e. The maximum Gasteiger partial charge on any atom is 0.269 e. The molecular weight excluding hydrogens is 458 g/mol. The summed E-state index contributed by atoms with van der Waals surface area (Å²) in [5.41, 5.74) is 1.42. The van der Waals surface area contributed by atoms with E-state index in [0.717, 1.165) is 10.6 Å². The Balaban J connectivity index is 1.65. The smallest absolute Gasteiger partial charge is 0.269 e. The summed E-state index contributed by atoms with van der Waals surface area (Å²) in [6.45, 7) is 2.26. The van der Waals surface area contributed by atoms with Gasteiger partial charge in [-0.3, -0.25) is 20.2 Å². The monoisotopic (exact) mass is 479 g/mol. The number of hydrogen-bond acceptors (Lipinski definition) is 9. The lowest BCUT2D eigenvalue weighted by Gasteiger charge is -2.11. The van der Waals surface area contributed by atoms with Crippen LogP contribution < -0.4 is 14.8 Å². The standard InChI is InChI=1S/C23H21N5O5S/c1-3-21-26-27-23(34-21)25-22(29)17(14-24)12-16-6-9-19(20(13-16)32-2)33-11-10-15-4-7-18(8-5-15)28(30)31/h4-9,12-13H,3,10-11H2,1-2H3,(H,25,27,29)/b17-12+. The first-order chi connectivity index (χ1) is 16.4. The summed E-state index contributed by atoms with van der Waals surface area (Å²) in [5, 5.41) is 31.7. The fourth-order valence-electron chi connectivity index (χ4n) is 2.88. The van der Waals surface area contributed by atoms with Crippen molar-refractivity contribution in [2.45, 2.75) is 19.8 Å². The van der Waals surface area contributed by atoms with Gasteiger partial charge in [-0.25, -0.2) is 0 Å². The lowest BCUT2D eigenvalue weighted by molar-refractivity contribution is -0.384. The number of nitro benzene ring substituents is 1. The van der Waals surface area contributed by atoms with Crippen LogP contribution in [0, 0.1) is 21.4 Å². The number of non-ortho nitro benzene ring substituents is 1. The van der Waals surface area contributed by atoms with Gasteiger partial charge in [0.05, 0.1) is 18.6 Å². The molecule has 3 rings (SSSR count). The van der Waals surface area contributed by atoms with E-state index in [0.29, 0.717) is 41.6 Å². The average molecular weight is 480 g/mol. The number of nitriles is 1. The number of rotatable bonds is 10. The fraction of sp³-hybridized carbons (Fsp3) is 0.217. The fourth-order valence-corrected chi connectivity index (χ4v) is 3.56. The van der Waals surface area contributed by atoms with Gasteiger partial charge in [-0.2, -0.15) is 5.26 Å². The van der Waals surface area contributed by atoms with Crippen molar-refractivity contribution in [2.75, 3.05) is 19.0 Å². The first-order valence-corrected chi connectivity index (χ1v) is 11.0. The highest BCUT2D eigenvalue weighted by molar-refractivity contribution is 7.15. The predicted octanol–water partition coefficient (Wildman–Crippen LogP) is 4.18. The molecular formula is C23H21N5O5S. The lowest BCUT2D eigenvalue weighted by atomic mass is 10.1. The summed E-state index contributed by atoms with van der Waals surface area (Å²) in [7, 11) is 1.49. The zero-order valence-electron chi connectivity index (χ0n) is 18.5. The van der Waals surface area contributed by atoms with Crippen molar-refractivity contribution in [3.05, 3.63) is 74.3 Å². The van der Waals surface area contributed by atoms with Crippen molar-refractivity contribution in [3.8, 4) is 17.6 Å². The summed E-state index contributed by atoms with van der Waals surface area (Å²) in [5.74, 6) is 0.348. The third-order valence-corrected chi connectivity index (χ3v) is 5.63. The second-order valence-electron chi connectivity index (χ2n) is 6.91. The molecule has 0 aliphatic carbocycles. The molecule has 0 spiro atoms. The number of nitro groups is 1. The third kappa shape index (κ3) is 6.36. The molecule has 2 aromatic carbocycles. The SMILES string of the molecule is CCc1nnc(NC(=O)/C(C#N)=C/c2ccc(OCCc3ccc([N+](=O)[O-])cc3)c(OC)c2)s1. The number of hydrogen-bond donors (Lipinski definition) is 1. The second-order valence-corrected chi connectivity index (χ2v) is 7.97. The number of carbonyl (C=O) groups is 1. The maximum atomic E-state index is 12.4. The molecule has 1 N–H and O–H groups in total. The number of nitrogens with zero attached hydrogens (tertiary/aromatic N) is 4. The van der Waals surface area contributed by atoms with Gasteiger partial charge >= 0.3 is 0 Å². The highest BCUT2D eigenvalue weighted by Crippen LogP contribution is 2.29. The molecule has 0 saturated carbocycles. The Labute approximate surface area is 199 Å². The molecule has 0 unspecified atom stereocenters. The molecule has 0 atom stereocenters. The Hall–Kier alpha value is -4.30. The van der Waals surface area contributed by atoms with Gasteiger partial charge < -0.3 is 9.47 Å². The van der Waals surface area contributed by atoms with Gasteiger partial charge in [0.1, 0.15) is 16.6 Å². The van der Waals surface area contributed by atoms with Crippen LogP contribution in [0.2, 0.25) is 0 Å². The highest BCUT2D eigenvalue weighted by Gasteiger charge is 2.14. The largest absolute Gasteiger partial charge is 0.493 e. The van der Waals surface area contributed by atoms with Crippen LogP contribution in [0.5, 0.6) is 11.5 Å². The van der Waals surface area contributed by atoms with Gasteiger partial charge in [0.2, 0.25) is 5.13 Å².